The van der Waals surface area contributed by atoms with Gasteiger partial charge in [-0.1, -0.05) is 25.5 Å². The zero-order chi connectivity index (χ0) is 11.8. The fourth-order valence-corrected chi connectivity index (χ4v) is 1.42. The molecule has 0 saturated heterocycles. The Kier molecular flexibility index (Phi) is 5.90. The smallest absolute Gasteiger partial charge is 0.119 e. The summed E-state index contributed by atoms with van der Waals surface area (Å²) in [5.74, 6) is 0.898. The Hall–Kier alpha value is -1.06. The van der Waals surface area contributed by atoms with Crippen LogP contribution in [0.3, 0.4) is 0 Å². The third-order valence-corrected chi connectivity index (χ3v) is 2.42. The second kappa shape index (κ2) is 7.25. The largest absolute Gasteiger partial charge is 0.494 e. The third-order valence-electron chi connectivity index (χ3n) is 2.42. The van der Waals surface area contributed by atoms with Gasteiger partial charge in [0.25, 0.3) is 0 Å². The molecule has 0 amide bonds. The molecular formula is C13H21NO2. The van der Waals surface area contributed by atoms with Gasteiger partial charge < -0.3 is 15.6 Å². The van der Waals surface area contributed by atoms with Gasteiger partial charge in [0, 0.05) is 6.04 Å². The Bertz CT molecular complexity index is 284. The van der Waals surface area contributed by atoms with E-state index in [0.29, 0.717) is 6.42 Å². The van der Waals surface area contributed by atoms with Crippen LogP contribution in [0.5, 0.6) is 5.75 Å². The summed E-state index contributed by atoms with van der Waals surface area (Å²) in [7, 11) is 0. The summed E-state index contributed by atoms with van der Waals surface area (Å²) in [6.45, 7) is 2.93. The van der Waals surface area contributed by atoms with Crippen molar-refractivity contribution in [2.75, 3.05) is 13.2 Å². The first-order valence-electron chi connectivity index (χ1n) is 5.84. The predicted molar refractivity (Wildman–Crippen MR) is 65.6 cm³/mol. The monoisotopic (exact) mass is 223 g/mol. The lowest BCUT2D eigenvalue weighted by molar-refractivity contribution is 0.265. The molecule has 1 atom stereocenters. The molecular weight excluding hydrogens is 202 g/mol. The lowest BCUT2D eigenvalue weighted by atomic mass is 10.1. The number of aliphatic hydroxyl groups excluding tert-OH is 1. The van der Waals surface area contributed by atoms with Crippen molar-refractivity contribution in [3.05, 3.63) is 29.8 Å². The Balaban J connectivity index is 2.41. The molecule has 0 aliphatic rings. The molecule has 0 spiro atoms. The molecule has 1 aromatic rings. The fraction of sp³-hybridized carbons (Fsp3) is 0.538. The number of rotatable bonds is 7. The van der Waals surface area contributed by atoms with Crippen molar-refractivity contribution >= 4 is 0 Å². The van der Waals surface area contributed by atoms with E-state index in [0.717, 1.165) is 30.8 Å². The van der Waals surface area contributed by atoms with E-state index in [4.69, 9.17) is 15.6 Å². The summed E-state index contributed by atoms with van der Waals surface area (Å²) in [5.41, 5.74) is 6.79. The van der Waals surface area contributed by atoms with Crippen molar-refractivity contribution < 1.29 is 9.84 Å². The summed E-state index contributed by atoms with van der Waals surface area (Å²) in [6.07, 6.45) is 2.92. The summed E-state index contributed by atoms with van der Waals surface area (Å²) in [6, 6.07) is 7.73. The molecule has 16 heavy (non-hydrogen) atoms. The molecule has 3 N–H and O–H groups in total. The van der Waals surface area contributed by atoms with Crippen molar-refractivity contribution in [2.45, 2.75) is 32.2 Å². The first-order valence-corrected chi connectivity index (χ1v) is 5.84. The number of hydrogen-bond donors (Lipinski definition) is 2. The minimum Gasteiger partial charge on any atom is -0.494 e. The molecule has 1 rings (SSSR count). The molecule has 90 valence electrons. The fourth-order valence-electron chi connectivity index (χ4n) is 1.42. The van der Waals surface area contributed by atoms with Crippen molar-refractivity contribution in [2.24, 2.45) is 5.73 Å². The topological polar surface area (TPSA) is 55.5 Å². The first-order chi connectivity index (χ1) is 7.76. The lowest BCUT2D eigenvalue weighted by Crippen LogP contribution is -2.26. The molecule has 3 nitrogen and oxygen atoms in total. The SMILES string of the molecule is CCCCOc1ccc(C[C@H](N)CO)cc1. The normalized spacial score (nSPS) is 12.4. The van der Waals surface area contributed by atoms with Crippen LogP contribution in [-0.2, 0) is 6.42 Å². The number of unbranched alkanes of at least 4 members (excludes halogenated alkanes) is 1. The standard InChI is InChI=1S/C13H21NO2/c1-2-3-8-16-13-6-4-11(5-7-13)9-12(14)10-15/h4-7,12,15H,2-3,8-10,14H2,1H3/t12-/m0/s1. The predicted octanol–water partition coefficient (Wildman–Crippen LogP) is 1.73. The highest BCUT2D eigenvalue weighted by Crippen LogP contribution is 2.13. The molecule has 0 radical (unpaired) electrons. The van der Waals surface area contributed by atoms with Crippen LogP contribution in [-0.4, -0.2) is 24.4 Å². The van der Waals surface area contributed by atoms with Crippen LogP contribution in [0.2, 0.25) is 0 Å². The third kappa shape index (κ3) is 4.64. The van der Waals surface area contributed by atoms with Gasteiger partial charge in [0.05, 0.1) is 13.2 Å². The zero-order valence-corrected chi connectivity index (χ0v) is 9.86. The van der Waals surface area contributed by atoms with Crippen molar-refractivity contribution in [3.63, 3.8) is 0 Å². The summed E-state index contributed by atoms with van der Waals surface area (Å²) < 4.78 is 5.55. The molecule has 0 aromatic heterocycles. The van der Waals surface area contributed by atoms with E-state index in [1.54, 1.807) is 0 Å². The van der Waals surface area contributed by atoms with Crippen LogP contribution in [0.15, 0.2) is 24.3 Å². The van der Waals surface area contributed by atoms with Gasteiger partial charge in [0.15, 0.2) is 0 Å². The van der Waals surface area contributed by atoms with Gasteiger partial charge in [-0.25, -0.2) is 0 Å². The van der Waals surface area contributed by atoms with Gasteiger partial charge in [-0.15, -0.1) is 0 Å². The molecule has 0 saturated carbocycles. The van der Waals surface area contributed by atoms with E-state index in [1.807, 2.05) is 24.3 Å². The van der Waals surface area contributed by atoms with Gasteiger partial charge >= 0.3 is 0 Å². The number of ether oxygens (including phenoxy) is 1. The maximum absolute atomic E-state index is 8.84. The van der Waals surface area contributed by atoms with E-state index >= 15 is 0 Å². The van der Waals surface area contributed by atoms with E-state index in [2.05, 4.69) is 6.92 Å². The maximum atomic E-state index is 8.84. The van der Waals surface area contributed by atoms with Crippen molar-refractivity contribution in [1.29, 1.82) is 0 Å². The van der Waals surface area contributed by atoms with Gasteiger partial charge in [0.1, 0.15) is 5.75 Å². The molecule has 0 unspecified atom stereocenters. The molecule has 0 aliphatic heterocycles. The van der Waals surface area contributed by atoms with Gasteiger partial charge in [-0.05, 0) is 30.5 Å². The average Bonchev–Trinajstić information content (AvgIpc) is 2.31. The van der Waals surface area contributed by atoms with Crippen LogP contribution in [0.4, 0.5) is 0 Å². The Morgan fingerprint density at radius 2 is 2.00 bits per heavy atom. The highest BCUT2D eigenvalue weighted by molar-refractivity contribution is 5.27. The highest BCUT2D eigenvalue weighted by atomic mass is 16.5. The molecule has 0 fully saturated rings. The van der Waals surface area contributed by atoms with Crippen LogP contribution >= 0.6 is 0 Å². The number of benzene rings is 1. The first kappa shape index (κ1) is 13.0. The molecule has 0 aliphatic carbocycles. The second-order valence-corrected chi connectivity index (χ2v) is 3.99. The maximum Gasteiger partial charge on any atom is 0.119 e. The number of hydrogen-bond acceptors (Lipinski definition) is 3. The van der Waals surface area contributed by atoms with E-state index < -0.39 is 0 Å². The quantitative estimate of drug-likeness (QED) is 0.692. The second-order valence-electron chi connectivity index (χ2n) is 3.99. The number of aliphatic hydroxyl groups is 1. The molecule has 0 bridgehead atoms. The van der Waals surface area contributed by atoms with Gasteiger partial charge in [-0.2, -0.15) is 0 Å². The van der Waals surface area contributed by atoms with Gasteiger partial charge in [0.2, 0.25) is 0 Å². The minimum absolute atomic E-state index is 0.0226. The minimum atomic E-state index is -0.174. The molecule has 0 heterocycles. The molecule has 1 aromatic carbocycles. The summed E-state index contributed by atoms with van der Waals surface area (Å²) in [4.78, 5) is 0. The van der Waals surface area contributed by atoms with Crippen molar-refractivity contribution in [1.82, 2.24) is 0 Å². The lowest BCUT2D eigenvalue weighted by Gasteiger charge is -2.09. The highest BCUT2D eigenvalue weighted by Gasteiger charge is 2.02. The zero-order valence-electron chi connectivity index (χ0n) is 9.86. The van der Waals surface area contributed by atoms with Crippen LogP contribution in [0.25, 0.3) is 0 Å². The number of nitrogens with two attached hydrogens (primary N) is 1. The van der Waals surface area contributed by atoms with Crippen LogP contribution in [0.1, 0.15) is 25.3 Å². The Morgan fingerprint density at radius 1 is 1.31 bits per heavy atom. The molecule has 3 heteroatoms. The Labute approximate surface area is 97.2 Å². The van der Waals surface area contributed by atoms with E-state index in [9.17, 15) is 0 Å². The summed E-state index contributed by atoms with van der Waals surface area (Å²) in [5, 5.41) is 8.84. The van der Waals surface area contributed by atoms with Crippen LogP contribution in [0, 0.1) is 0 Å². The van der Waals surface area contributed by atoms with Crippen molar-refractivity contribution in [3.8, 4) is 5.75 Å². The van der Waals surface area contributed by atoms with E-state index in [1.165, 1.54) is 0 Å². The summed E-state index contributed by atoms with van der Waals surface area (Å²) >= 11 is 0. The van der Waals surface area contributed by atoms with E-state index in [-0.39, 0.29) is 12.6 Å². The van der Waals surface area contributed by atoms with Crippen LogP contribution < -0.4 is 10.5 Å². The average molecular weight is 223 g/mol. The van der Waals surface area contributed by atoms with Gasteiger partial charge in [-0.3, -0.25) is 0 Å². The Morgan fingerprint density at radius 3 is 2.56 bits per heavy atom.